The molecule has 1 aromatic heterocycles. The van der Waals surface area contributed by atoms with E-state index in [9.17, 15) is 9.90 Å². The van der Waals surface area contributed by atoms with Crippen LogP contribution >= 0.6 is 0 Å². The third kappa shape index (κ3) is 3.80. The Morgan fingerprint density at radius 3 is 2.61 bits per heavy atom. The number of aromatic hydroxyl groups is 1. The summed E-state index contributed by atoms with van der Waals surface area (Å²) in [6, 6.07) is 12.6. The Morgan fingerprint density at radius 1 is 1.17 bits per heavy atom. The van der Waals surface area contributed by atoms with Crippen LogP contribution in [0.5, 0.6) is 5.75 Å². The molecule has 120 valence electrons. The molecule has 0 atom stereocenters. The standard InChI is InChI=1S/C18H21N3O2/c22-16-6-2-1-5-15(16)18(23)20-13-14-8-11-21(12-9-14)17-7-3-4-10-19-17/h1-7,10,14,22H,8-9,11-13H2,(H,20,23). The maximum absolute atomic E-state index is 12.1. The van der Waals surface area contributed by atoms with E-state index in [1.165, 1.54) is 6.07 Å². The van der Waals surface area contributed by atoms with Gasteiger partial charge in [-0.25, -0.2) is 4.98 Å². The second kappa shape index (κ2) is 7.13. The third-order valence-corrected chi connectivity index (χ3v) is 4.29. The summed E-state index contributed by atoms with van der Waals surface area (Å²) in [5.74, 6) is 1.29. The first-order valence-electron chi connectivity index (χ1n) is 7.96. The number of amides is 1. The van der Waals surface area contributed by atoms with Gasteiger partial charge in [0.1, 0.15) is 11.6 Å². The highest BCUT2D eigenvalue weighted by atomic mass is 16.3. The predicted octanol–water partition coefficient (Wildman–Crippen LogP) is 2.43. The highest BCUT2D eigenvalue weighted by Gasteiger charge is 2.21. The number of carbonyl (C=O) groups is 1. The number of rotatable bonds is 4. The molecule has 2 N–H and O–H groups in total. The molecular formula is C18H21N3O2. The van der Waals surface area contributed by atoms with Crippen molar-refractivity contribution < 1.29 is 9.90 Å². The van der Waals surface area contributed by atoms with Crippen LogP contribution in [-0.4, -0.2) is 35.6 Å². The van der Waals surface area contributed by atoms with Gasteiger partial charge >= 0.3 is 0 Å². The number of para-hydroxylation sites is 1. The molecule has 0 aliphatic carbocycles. The highest BCUT2D eigenvalue weighted by Crippen LogP contribution is 2.21. The number of nitrogens with one attached hydrogen (secondary N) is 1. The second-order valence-corrected chi connectivity index (χ2v) is 5.85. The molecule has 0 saturated carbocycles. The number of phenols is 1. The van der Waals surface area contributed by atoms with E-state index in [-0.39, 0.29) is 11.7 Å². The second-order valence-electron chi connectivity index (χ2n) is 5.85. The van der Waals surface area contributed by atoms with Gasteiger partial charge in [0.15, 0.2) is 0 Å². The molecule has 1 aliphatic heterocycles. The molecule has 5 nitrogen and oxygen atoms in total. The van der Waals surface area contributed by atoms with E-state index in [1.54, 1.807) is 18.2 Å². The molecular weight excluding hydrogens is 290 g/mol. The minimum Gasteiger partial charge on any atom is -0.507 e. The van der Waals surface area contributed by atoms with Crippen molar-refractivity contribution in [2.24, 2.45) is 5.92 Å². The van der Waals surface area contributed by atoms with Gasteiger partial charge in [0.2, 0.25) is 0 Å². The molecule has 0 spiro atoms. The van der Waals surface area contributed by atoms with Crippen LogP contribution in [0.15, 0.2) is 48.7 Å². The fraction of sp³-hybridized carbons (Fsp3) is 0.333. The molecule has 23 heavy (non-hydrogen) atoms. The fourth-order valence-electron chi connectivity index (χ4n) is 2.90. The number of nitrogens with zero attached hydrogens (tertiary/aromatic N) is 2. The molecule has 2 heterocycles. The first kappa shape index (κ1) is 15.3. The van der Waals surface area contributed by atoms with Crippen molar-refractivity contribution >= 4 is 11.7 Å². The van der Waals surface area contributed by atoms with Crippen molar-refractivity contribution in [2.75, 3.05) is 24.5 Å². The van der Waals surface area contributed by atoms with E-state index in [0.717, 1.165) is 31.7 Å². The first-order valence-corrected chi connectivity index (χ1v) is 7.96. The van der Waals surface area contributed by atoms with Crippen molar-refractivity contribution in [3.05, 3.63) is 54.2 Å². The zero-order chi connectivity index (χ0) is 16.1. The maximum atomic E-state index is 12.1. The van der Waals surface area contributed by atoms with Crippen LogP contribution in [0.1, 0.15) is 23.2 Å². The summed E-state index contributed by atoms with van der Waals surface area (Å²) < 4.78 is 0. The summed E-state index contributed by atoms with van der Waals surface area (Å²) in [4.78, 5) is 18.8. The molecule has 1 saturated heterocycles. The topological polar surface area (TPSA) is 65.5 Å². The van der Waals surface area contributed by atoms with E-state index >= 15 is 0 Å². The predicted molar refractivity (Wildman–Crippen MR) is 89.6 cm³/mol. The Hall–Kier alpha value is -2.56. The van der Waals surface area contributed by atoms with Crippen LogP contribution in [-0.2, 0) is 0 Å². The lowest BCUT2D eigenvalue weighted by molar-refractivity contribution is 0.0942. The number of carbonyl (C=O) groups excluding carboxylic acids is 1. The van der Waals surface area contributed by atoms with E-state index in [2.05, 4.69) is 15.2 Å². The van der Waals surface area contributed by atoms with Gasteiger partial charge in [-0.2, -0.15) is 0 Å². The summed E-state index contributed by atoms with van der Waals surface area (Å²) in [5.41, 5.74) is 0.332. The minimum atomic E-state index is -0.213. The minimum absolute atomic E-state index is 0.0231. The zero-order valence-electron chi connectivity index (χ0n) is 13.0. The molecule has 0 radical (unpaired) electrons. The average Bonchev–Trinajstić information content (AvgIpc) is 2.61. The molecule has 0 bridgehead atoms. The number of pyridine rings is 1. The zero-order valence-corrected chi connectivity index (χ0v) is 13.0. The van der Waals surface area contributed by atoms with Crippen LogP contribution in [0.3, 0.4) is 0 Å². The van der Waals surface area contributed by atoms with Crippen molar-refractivity contribution in [2.45, 2.75) is 12.8 Å². The molecule has 1 amide bonds. The molecule has 2 aromatic rings. The fourth-order valence-corrected chi connectivity index (χ4v) is 2.90. The molecule has 0 unspecified atom stereocenters. The van der Waals surface area contributed by atoms with E-state index in [1.807, 2.05) is 24.4 Å². The summed E-state index contributed by atoms with van der Waals surface area (Å²) >= 11 is 0. The van der Waals surface area contributed by atoms with Gasteiger partial charge in [0.25, 0.3) is 5.91 Å². The lowest BCUT2D eigenvalue weighted by Crippen LogP contribution is -2.39. The van der Waals surface area contributed by atoms with Gasteiger partial charge in [-0.15, -0.1) is 0 Å². The number of piperidine rings is 1. The van der Waals surface area contributed by atoms with Crippen LogP contribution in [0.25, 0.3) is 0 Å². The Kier molecular flexibility index (Phi) is 4.76. The van der Waals surface area contributed by atoms with Crippen molar-refractivity contribution in [3.8, 4) is 5.75 Å². The maximum Gasteiger partial charge on any atom is 0.255 e. The normalized spacial score (nSPS) is 15.4. The quantitative estimate of drug-likeness (QED) is 0.910. The van der Waals surface area contributed by atoms with Crippen LogP contribution < -0.4 is 10.2 Å². The molecule has 1 aliphatic rings. The van der Waals surface area contributed by atoms with Gasteiger partial charge in [-0.05, 0) is 43.0 Å². The van der Waals surface area contributed by atoms with E-state index < -0.39 is 0 Å². The number of phenolic OH excluding ortho intramolecular Hbond substituents is 1. The van der Waals surface area contributed by atoms with Gasteiger partial charge < -0.3 is 15.3 Å². The van der Waals surface area contributed by atoms with Crippen molar-refractivity contribution in [3.63, 3.8) is 0 Å². The molecule has 3 rings (SSSR count). The van der Waals surface area contributed by atoms with Crippen LogP contribution in [0.2, 0.25) is 0 Å². The highest BCUT2D eigenvalue weighted by molar-refractivity contribution is 5.96. The SMILES string of the molecule is O=C(NCC1CCN(c2ccccn2)CC1)c1ccccc1O. The number of hydrogen-bond acceptors (Lipinski definition) is 4. The van der Waals surface area contributed by atoms with Gasteiger partial charge in [0, 0.05) is 25.8 Å². The van der Waals surface area contributed by atoms with Crippen molar-refractivity contribution in [1.29, 1.82) is 0 Å². The smallest absolute Gasteiger partial charge is 0.255 e. The monoisotopic (exact) mass is 311 g/mol. The number of benzene rings is 1. The Morgan fingerprint density at radius 2 is 1.91 bits per heavy atom. The Bertz CT molecular complexity index is 652. The largest absolute Gasteiger partial charge is 0.507 e. The molecule has 5 heteroatoms. The lowest BCUT2D eigenvalue weighted by atomic mass is 9.96. The van der Waals surface area contributed by atoms with Crippen LogP contribution in [0, 0.1) is 5.92 Å². The summed E-state index contributed by atoms with van der Waals surface area (Å²) in [7, 11) is 0. The Balaban J connectivity index is 1.48. The summed E-state index contributed by atoms with van der Waals surface area (Å²) in [6.07, 6.45) is 3.86. The lowest BCUT2D eigenvalue weighted by Gasteiger charge is -2.32. The number of aromatic nitrogens is 1. The molecule has 1 fully saturated rings. The van der Waals surface area contributed by atoms with Crippen LogP contribution in [0.4, 0.5) is 5.82 Å². The van der Waals surface area contributed by atoms with E-state index in [0.29, 0.717) is 18.0 Å². The summed E-state index contributed by atoms with van der Waals surface area (Å²) in [5, 5.41) is 12.6. The summed E-state index contributed by atoms with van der Waals surface area (Å²) in [6.45, 7) is 2.55. The number of anilines is 1. The third-order valence-electron chi connectivity index (χ3n) is 4.29. The molecule has 1 aromatic carbocycles. The van der Waals surface area contributed by atoms with Crippen molar-refractivity contribution in [1.82, 2.24) is 10.3 Å². The van der Waals surface area contributed by atoms with E-state index in [4.69, 9.17) is 0 Å². The van der Waals surface area contributed by atoms with Gasteiger partial charge in [-0.1, -0.05) is 18.2 Å². The van der Waals surface area contributed by atoms with Gasteiger partial charge in [0.05, 0.1) is 5.56 Å². The number of hydrogen-bond donors (Lipinski definition) is 2. The average molecular weight is 311 g/mol. The first-order chi connectivity index (χ1) is 11.2. The van der Waals surface area contributed by atoms with Gasteiger partial charge in [-0.3, -0.25) is 4.79 Å². The Labute approximate surface area is 136 Å².